The minimum atomic E-state index is 0.155. The van der Waals surface area contributed by atoms with Crippen LogP contribution in [0.2, 0.25) is 0 Å². The molecule has 1 aromatic carbocycles. The molecule has 0 fully saturated rings. The van der Waals surface area contributed by atoms with Gasteiger partial charge < -0.3 is 10.1 Å². The summed E-state index contributed by atoms with van der Waals surface area (Å²) in [5.74, 6) is 0.843. The molecule has 88 valence electrons. The smallest absolute Gasteiger partial charge is 0.119 e. The molecule has 0 aliphatic heterocycles. The highest BCUT2D eigenvalue weighted by atomic mass is 16.5. The molecule has 1 aromatic rings. The molecule has 3 heteroatoms. The average molecular weight is 228 g/mol. The van der Waals surface area contributed by atoms with Gasteiger partial charge in [-0.05, 0) is 43.5 Å². The largest absolute Gasteiger partial charge is 0.497 e. The SMILES string of the molecule is COc1ccc(N[C@H]2CCCC=C2C#N)cc1. The molecule has 0 saturated heterocycles. The maximum Gasteiger partial charge on any atom is 0.119 e. The van der Waals surface area contributed by atoms with E-state index in [-0.39, 0.29) is 6.04 Å². The predicted molar refractivity (Wildman–Crippen MR) is 68.0 cm³/mol. The highest BCUT2D eigenvalue weighted by Crippen LogP contribution is 2.23. The molecular weight excluding hydrogens is 212 g/mol. The maximum absolute atomic E-state index is 9.04. The van der Waals surface area contributed by atoms with Gasteiger partial charge in [0, 0.05) is 11.3 Å². The highest BCUT2D eigenvalue weighted by molar-refractivity contribution is 5.50. The Balaban J connectivity index is 2.07. The fraction of sp³-hybridized carbons (Fsp3) is 0.357. The molecule has 1 aliphatic rings. The predicted octanol–water partition coefficient (Wildman–Crippen LogP) is 3.11. The zero-order valence-electron chi connectivity index (χ0n) is 9.94. The first-order valence-electron chi connectivity index (χ1n) is 5.84. The minimum Gasteiger partial charge on any atom is -0.497 e. The second-order valence-electron chi connectivity index (χ2n) is 4.13. The Morgan fingerprint density at radius 3 is 2.76 bits per heavy atom. The van der Waals surface area contributed by atoms with Gasteiger partial charge in [0.2, 0.25) is 0 Å². The van der Waals surface area contributed by atoms with E-state index in [2.05, 4.69) is 11.4 Å². The molecule has 0 saturated carbocycles. The summed E-state index contributed by atoms with van der Waals surface area (Å²) >= 11 is 0. The monoisotopic (exact) mass is 228 g/mol. The van der Waals surface area contributed by atoms with Crippen molar-refractivity contribution in [2.45, 2.75) is 25.3 Å². The molecule has 0 radical (unpaired) electrons. The first kappa shape index (κ1) is 11.5. The van der Waals surface area contributed by atoms with Crippen molar-refractivity contribution >= 4 is 5.69 Å². The van der Waals surface area contributed by atoms with Gasteiger partial charge in [0.25, 0.3) is 0 Å². The molecular formula is C14H16N2O. The van der Waals surface area contributed by atoms with Crippen LogP contribution in [0.15, 0.2) is 35.9 Å². The molecule has 1 aliphatic carbocycles. The van der Waals surface area contributed by atoms with Crippen LogP contribution in [0.3, 0.4) is 0 Å². The van der Waals surface area contributed by atoms with Crippen molar-refractivity contribution in [3.8, 4) is 11.8 Å². The highest BCUT2D eigenvalue weighted by Gasteiger charge is 2.16. The van der Waals surface area contributed by atoms with Gasteiger partial charge >= 0.3 is 0 Å². The summed E-state index contributed by atoms with van der Waals surface area (Å²) in [4.78, 5) is 0. The summed E-state index contributed by atoms with van der Waals surface area (Å²) in [5, 5.41) is 12.4. The van der Waals surface area contributed by atoms with Gasteiger partial charge in [0.15, 0.2) is 0 Å². The van der Waals surface area contributed by atoms with Crippen LogP contribution >= 0.6 is 0 Å². The van der Waals surface area contributed by atoms with Crippen LogP contribution in [-0.2, 0) is 0 Å². The zero-order chi connectivity index (χ0) is 12.1. The molecule has 1 atom stereocenters. The lowest BCUT2D eigenvalue weighted by Gasteiger charge is -2.22. The third-order valence-electron chi connectivity index (χ3n) is 3.00. The molecule has 0 unspecified atom stereocenters. The number of methoxy groups -OCH3 is 1. The van der Waals surface area contributed by atoms with Crippen LogP contribution in [0.4, 0.5) is 5.69 Å². The van der Waals surface area contributed by atoms with Gasteiger partial charge in [-0.3, -0.25) is 0 Å². The topological polar surface area (TPSA) is 45.0 Å². The Kier molecular flexibility index (Phi) is 3.66. The Labute approximate surface area is 102 Å². The first-order valence-corrected chi connectivity index (χ1v) is 5.84. The normalized spacial score (nSPS) is 19.1. The maximum atomic E-state index is 9.04. The number of hydrogen-bond acceptors (Lipinski definition) is 3. The first-order chi connectivity index (χ1) is 8.33. The summed E-state index contributed by atoms with van der Waals surface area (Å²) < 4.78 is 5.11. The van der Waals surface area contributed by atoms with Crippen LogP contribution in [-0.4, -0.2) is 13.2 Å². The molecule has 1 N–H and O–H groups in total. The molecule has 0 aromatic heterocycles. The Hall–Kier alpha value is -1.95. The van der Waals surface area contributed by atoms with Crippen molar-refractivity contribution in [2.24, 2.45) is 0 Å². The van der Waals surface area contributed by atoms with E-state index in [1.54, 1.807) is 7.11 Å². The molecule has 0 heterocycles. The lowest BCUT2D eigenvalue weighted by atomic mass is 9.95. The number of nitriles is 1. The molecule has 0 amide bonds. The Morgan fingerprint density at radius 2 is 2.12 bits per heavy atom. The van der Waals surface area contributed by atoms with E-state index in [0.717, 1.165) is 36.3 Å². The van der Waals surface area contributed by atoms with Crippen LogP contribution in [0.25, 0.3) is 0 Å². The van der Waals surface area contributed by atoms with Crippen molar-refractivity contribution in [3.63, 3.8) is 0 Å². The molecule has 3 nitrogen and oxygen atoms in total. The minimum absolute atomic E-state index is 0.155. The van der Waals surface area contributed by atoms with E-state index in [1.165, 1.54) is 0 Å². The van der Waals surface area contributed by atoms with Gasteiger partial charge in [-0.1, -0.05) is 6.08 Å². The van der Waals surface area contributed by atoms with Crippen molar-refractivity contribution < 1.29 is 4.74 Å². The van der Waals surface area contributed by atoms with Gasteiger partial charge in [0.1, 0.15) is 5.75 Å². The number of ether oxygens (including phenoxy) is 1. The van der Waals surface area contributed by atoms with Crippen molar-refractivity contribution in [1.82, 2.24) is 0 Å². The van der Waals surface area contributed by atoms with Crippen LogP contribution in [0, 0.1) is 11.3 Å². The summed E-state index contributed by atoms with van der Waals surface area (Å²) in [5.41, 5.74) is 1.88. The number of hydrogen-bond donors (Lipinski definition) is 1. The second kappa shape index (κ2) is 5.40. The summed E-state index contributed by atoms with van der Waals surface area (Å²) in [7, 11) is 1.65. The summed E-state index contributed by atoms with van der Waals surface area (Å²) in [6.45, 7) is 0. The third-order valence-corrected chi connectivity index (χ3v) is 3.00. The van der Waals surface area contributed by atoms with Crippen molar-refractivity contribution in [1.29, 1.82) is 5.26 Å². The van der Waals surface area contributed by atoms with E-state index in [9.17, 15) is 0 Å². The number of allylic oxidation sites excluding steroid dienone is 1. The molecule has 2 rings (SSSR count). The number of benzene rings is 1. The summed E-state index contributed by atoms with van der Waals surface area (Å²) in [6.07, 6.45) is 5.21. The molecule has 0 bridgehead atoms. The quantitative estimate of drug-likeness (QED) is 0.864. The molecule has 17 heavy (non-hydrogen) atoms. The standard InChI is InChI=1S/C14H16N2O/c1-17-13-8-6-12(7-9-13)16-14-5-3-2-4-11(14)10-15/h4,6-9,14,16H,2-3,5H2,1H3/t14-/m0/s1. The average Bonchev–Trinajstić information content (AvgIpc) is 2.40. The van der Waals surface area contributed by atoms with E-state index < -0.39 is 0 Å². The van der Waals surface area contributed by atoms with E-state index in [1.807, 2.05) is 30.3 Å². The number of nitrogens with one attached hydrogen (secondary N) is 1. The van der Waals surface area contributed by atoms with Crippen molar-refractivity contribution in [3.05, 3.63) is 35.9 Å². The number of nitrogens with zero attached hydrogens (tertiary/aromatic N) is 1. The van der Waals surface area contributed by atoms with E-state index in [4.69, 9.17) is 10.00 Å². The van der Waals surface area contributed by atoms with Gasteiger partial charge in [0.05, 0.1) is 19.2 Å². The Morgan fingerprint density at radius 1 is 1.35 bits per heavy atom. The Bertz CT molecular complexity index is 442. The van der Waals surface area contributed by atoms with E-state index in [0.29, 0.717) is 0 Å². The number of anilines is 1. The van der Waals surface area contributed by atoms with Crippen LogP contribution < -0.4 is 10.1 Å². The molecule has 0 spiro atoms. The number of rotatable bonds is 3. The van der Waals surface area contributed by atoms with Gasteiger partial charge in [-0.15, -0.1) is 0 Å². The van der Waals surface area contributed by atoms with Gasteiger partial charge in [-0.2, -0.15) is 5.26 Å². The zero-order valence-corrected chi connectivity index (χ0v) is 9.94. The lowest BCUT2D eigenvalue weighted by Crippen LogP contribution is -2.23. The van der Waals surface area contributed by atoms with Crippen LogP contribution in [0.1, 0.15) is 19.3 Å². The van der Waals surface area contributed by atoms with E-state index >= 15 is 0 Å². The van der Waals surface area contributed by atoms with Crippen molar-refractivity contribution in [2.75, 3.05) is 12.4 Å². The summed E-state index contributed by atoms with van der Waals surface area (Å²) in [6, 6.07) is 10.2. The third kappa shape index (κ3) is 2.79. The van der Waals surface area contributed by atoms with Gasteiger partial charge in [-0.25, -0.2) is 0 Å². The fourth-order valence-electron chi connectivity index (χ4n) is 2.04. The lowest BCUT2D eigenvalue weighted by molar-refractivity contribution is 0.415. The fourth-order valence-corrected chi connectivity index (χ4v) is 2.04. The second-order valence-corrected chi connectivity index (χ2v) is 4.13. The van der Waals surface area contributed by atoms with Crippen LogP contribution in [0.5, 0.6) is 5.75 Å².